The number of rotatable bonds is 6. The highest BCUT2D eigenvalue weighted by Crippen LogP contribution is 2.43. The molecule has 1 saturated carbocycles. The molecular weight excluding hydrogens is 525 g/mol. The first-order valence-electron chi connectivity index (χ1n) is 12.0. The third-order valence-corrected chi connectivity index (χ3v) is 8.06. The zero-order valence-corrected chi connectivity index (χ0v) is 22.1. The molecule has 0 atom stereocenters. The van der Waals surface area contributed by atoms with Crippen molar-refractivity contribution in [2.45, 2.75) is 57.5 Å². The van der Waals surface area contributed by atoms with Crippen molar-refractivity contribution in [3.8, 4) is 0 Å². The maximum atomic E-state index is 12.0. The molecule has 5 rings (SSSR count). The van der Waals surface area contributed by atoms with Gasteiger partial charge in [-0.2, -0.15) is 4.98 Å². The lowest BCUT2D eigenvalue weighted by atomic mass is 9.73. The van der Waals surface area contributed by atoms with Gasteiger partial charge in [0.05, 0.1) is 21.9 Å². The van der Waals surface area contributed by atoms with E-state index in [0.29, 0.717) is 56.7 Å². The van der Waals surface area contributed by atoms with Crippen LogP contribution in [0.15, 0.2) is 18.3 Å². The van der Waals surface area contributed by atoms with E-state index >= 15 is 0 Å². The largest absolute Gasteiger partial charge is 0.381 e. The van der Waals surface area contributed by atoms with Gasteiger partial charge in [-0.25, -0.2) is 9.97 Å². The maximum absolute atomic E-state index is 12.0. The first kappa shape index (κ1) is 25.3. The molecule has 1 aliphatic carbocycles. The number of ether oxygens (including phenoxy) is 1. The number of nitrogens with two attached hydrogens (primary N) is 1. The van der Waals surface area contributed by atoms with E-state index in [4.69, 9.17) is 55.2 Å². The minimum Gasteiger partial charge on any atom is -0.381 e. The summed E-state index contributed by atoms with van der Waals surface area (Å²) in [5, 5.41) is 7.93. The SMILES string of the molecule is C[C@]1(C(N)=O)CC[C@@H](n2c(Nc3c(Cl)cc(Cl)cc3Cl)nc3cnc(NC4CCOCC4)nc32)CC1. The van der Waals surface area contributed by atoms with Crippen molar-refractivity contribution >= 4 is 69.5 Å². The second-order valence-corrected chi connectivity index (χ2v) is 11.0. The topological polar surface area (TPSA) is 120 Å². The number of nitrogens with one attached hydrogen (secondary N) is 2. The summed E-state index contributed by atoms with van der Waals surface area (Å²) < 4.78 is 7.52. The van der Waals surface area contributed by atoms with E-state index in [9.17, 15) is 4.79 Å². The van der Waals surface area contributed by atoms with Crippen molar-refractivity contribution < 1.29 is 9.53 Å². The molecule has 9 nitrogen and oxygen atoms in total. The van der Waals surface area contributed by atoms with Crippen molar-refractivity contribution in [1.29, 1.82) is 0 Å². The average Bonchev–Trinajstić information content (AvgIpc) is 3.20. The molecule has 0 unspecified atom stereocenters. The van der Waals surface area contributed by atoms with E-state index < -0.39 is 5.41 Å². The molecule has 1 saturated heterocycles. The number of imidazole rings is 1. The van der Waals surface area contributed by atoms with Crippen LogP contribution >= 0.6 is 34.8 Å². The first-order chi connectivity index (χ1) is 17.2. The van der Waals surface area contributed by atoms with Gasteiger partial charge >= 0.3 is 0 Å². The number of carbonyl (C=O) groups excluding carboxylic acids is 1. The van der Waals surface area contributed by atoms with Gasteiger partial charge < -0.3 is 21.1 Å². The smallest absolute Gasteiger partial charge is 0.224 e. The maximum Gasteiger partial charge on any atom is 0.224 e. The molecule has 1 aliphatic heterocycles. The van der Waals surface area contributed by atoms with Crippen LogP contribution in [0.1, 0.15) is 51.5 Å². The number of halogens is 3. The fourth-order valence-electron chi connectivity index (χ4n) is 4.94. The standard InChI is InChI=1S/C24H28Cl3N7O2/c1-24(21(28)35)6-2-15(3-7-24)34-20-18(12-29-22(33-20)30-14-4-8-36-9-5-14)31-23(34)32-19-16(26)10-13(25)11-17(19)27/h10-12,14-15H,2-9H2,1H3,(H2,28,35)(H,31,32)(H,29,30,33)/t15-,24+. The van der Waals surface area contributed by atoms with Crippen molar-refractivity contribution in [3.05, 3.63) is 33.4 Å². The van der Waals surface area contributed by atoms with Gasteiger partial charge in [-0.15, -0.1) is 0 Å². The summed E-state index contributed by atoms with van der Waals surface area (Å²) in [4.78, 5) is 26.2. The molecular formula is C24H28Cl3N7O2. The predicted molar refractivity (Wildman–Crippen MR) is 142 cm³/mol. The molecule has 3 aromatic rings. The van der Waals surface area contributed by atoms with Gasteiger partial charge in [-0.1, -0.05) is 41.7 Å². The molecule has 1 amide bonds. The Kier molecular flexibility index (Phi) is 7.18. The Morgan fingerprint density at radius 2 is 1.78 bits per heavy atom. The van der Waals surface area contributed by atoms with Gasteiger partial charge in [0.15, 0.2) is 5.65 Å². The highest BCUT2D eigenvalue weighted by atomic mass is 35.5. The third-order valence-electron chi connectivity index (χ3n) is 7.25. The summed E-state index contributed by atoms with van der Waals surface area (Å²) >= 11 is 19.0. The quantitative estimate of drug-likeness (QED) is 0.357. The second kappa shape index (κ2) is 10.2. The van der Waals surface area contributed by atoms with E-state index in [1.54, 1.807) is 18.3 Å². The fraction of sp³-hybridized carbons (Fsp3) is 0.500. The monoisotopic (exact) mass is 551 g/mol. The van der Waals surface area contributed by atoms with E-state index in [1.165, 1.54) is 0 Å². The first-order valence-corrected chi connectivity index (χ1v) is 13.2. The van der Waals surface area contributed by atoms with Crippen LogP contribution in [0.3, 0.4) is 0 Å². The number of hydrogen-bond acceptors (Lipinski definition) is 7. The van der Waals surface area contributed by atoms with Crippen LogP contribution in [-0.4, -0.2) is 44.7 Å². The molecule has 2 aliphatic rings. The van der Waals surface area contributed by atoms with Crippen LogP contribution in [0.2, 0.25) is 15.1 Å². The Balaban J connectivity index is 1.53. The van der Waals surface area contributed by atoms with E-state index in [2.05, 4.69) is 20.2 Å². The number of fused-ring (bicyclic) bond motifs is 1. The molecule has 192 valence electrons. The van der Waals surface area contributed by atoms with Crippen LogP contribution in [0.5, 0.6) is 0 Å². The molecule has 2 aromatic heterocycles. The van der Waals surface area contributed by atoms with Crippen LogP contribution in [0, 0.1) is 5.41 Å². The van der Waals surface area contributed by atoms with Crippen molar-refractivity contribution in [2.24, 2.45) is 11.1 Å². The summed E-state index contributed by atoms with van der Waals surface area (Å²) in [6.45, 7) is 3.37. The van der Waals surface area contributed by atoms with Crippen molar-refractivity contribution in [3.63, 3.8) is 0 Å². The lowest BCUT2D eigenvalue weighted by molar-refractivity contribution is -0.128. The predicted octanol–water partition coefficient (Wildman–Crippen LogP) is 5.73. The zero-order valence-electron chi connectivity index (χ0n) is 19.9. The lowest BCUT2D eigenvalue weighted by Crippen LogP contribution is -2.38. The highest BCUT2D eigenvalue weighted by molar-refractivity contribution is 6.41. The molecule has 0 spiro atoms. The number of carbonyl (C=O) groups is 1. The molecule has 4 N–H and O–H groups in total. The Morgan fingerprint density at radius 1 is 1.11 bits per heavy atom. The van der Waals surface area contributed by atoms with Crippen molar-refractivity contribution in [2.75, 3.05) is 23.8 Å². The molecule has 0 radical (unpaired) electrons. The third kappa shape index (κ3) is 5.07. The Morgan fingerprint density at radius 3 is 2.42 bits per heavy atom. The summed E-state index contributed by atoms with van der Waals surface area (Å²) in [5.41, 5.74) is 7.01. The van der Waals surface area contributed by atoms with Crippen LogP contribution in [0.25, 0.3) is 11.2 Å². The number of aromatic nitrogens is 4. The highest BCUT2D eigenvalue weighted by Gasteiger charge is 2.37. The van der Waals surface area contributed by atoms with Gasteiger partial charge in [0.2, 0.25) is 17.8 Å². The fourth-order valence-corrected chi connectivity index (χ4v) is 5.85. The zero-order chi connectivity index (χ0) is 25.4. The summed E-state index contributed by atoms with van der Waals surface area (Å²) in [7, 11) is 0. The van der Waals surface area contributed by atoms with Crippen molar-refractivity contribution in [1.82, 2.24) is 19.5 Å². The van der Waals surface area contributed by atoms with Gasteiger partial charge in [0.25, 0.3) is 0 Å². The van der Waals surface area contributed by atoms with E-state index in [-0.39, 0.29) is 18.0 Å². The summed E-state index contributed by atoms with van der Waals surface area (Å²) in [6.07, 6.45) is 6.35. The minimum absolute atomic E-state index is 0.0422. The number of amides is 1. The van der Waals surface area contributed by atoms with Gasteiger partial charge in [-0.3, -0.25) is 9.36 Å². The number of benzene rings is 1. The number of primary amides is 1. The van der Waals surface area contributed by atoms with Gasteiger partial charge in [0.1, 0.15) is 5.52 Å². The van der Waals surface area contributed by atoms with Gasteiger partial charge in [0, 0.05) is 35.7 Å². The number of nitrogens with zero attached hydrogens (tertiary/aromatic N) is 4. The van der Waals surface area contributed by atoms with Gasteiger partial charge in [-0.05, 0) is 50.7 Å². The average molecular weight is 553 g/mol. The number of anilines is 3. The molecule has 1 aromatic carbocycles. The Hall–Kier alpha value is -2.33. The lowest BCUT2D eigenvalue weighted by Gasteiger charge is -2.35. The summed E-state index contributed by atoms with van der Waals surface area (Å²) in [5.74, 6) is 0.823. The van der Waals surface area contributed by atoms with Crippen LogP contribution in [-0.2, 0) is 9.53 Å². The molecule has 12 heteroatoms. The van der Waals surface area contributed by atoms with E-state index in [0.717, 1.165) is 38.9 Å². The molecule has 0 bridgehead atoms. The Labute approximate surface area is 224 Å². The minimum atomic E-state index is -0.520. The van der Waals surface area contributed by atoms with Crippen LogP contribution < -0.4 is 16.4 Å². The normalized spacial score (nSPS) is 23.1. The molecule has 36 heavy (non-hydrogen) atoms. The van der Waals surface area contributed by atoms with E-state index in [1.807, 2.05) is 6.92 Å². The summed E-state index contributed by atoms with van der Waals surface area (Å²) in [6, 6.07) is 3.54. The van der Waals surface area contributed by atoms with Crippen LogP contribution in [0.4, 0.5) is 17.6 Å². The molecule has 3 heterocycles. The Bertz CT molecular complexity index is 1260. The molecule has 2 fully saturated rings. The number of hydrogen-bond donors (Lipinski definition) is 3. The second-order valence-electron chi connectivity index (χ2n) is 9.76.